The lowest BCUT2D eigenvalue weighted by Gasteiger charge is -2.26. The van der Waals surface area contributed by atoms with Crippen molar-refractivity contribution in [3.05, 3.63) is 22.6 Å². The maximum Gasteiger partial charge on any atom is 0.135 e. The summed E-state index contributed by atoms with van der Waals surface area (Å²) < 4.78 is 6.73. The number of rotatable bonds is 4. The van der Waals surface area contributed by atoms with Crippen LogP contribution in [-0.4, -0.2) is 6.54 Å². The second-order valence-electron chi connectivity index (χ2n) is 4.74. The maximum absolute atomic E-state index is 5.63. The summed E-state index contributed by atoms with van der Waals surface area (Å²) in [7, 11) is 0. The molecule has 0 saturated heterocycles. The van der Waals surface area contributed by atoms with Gasteiger partial charge in [0, 0.05) is 0 Å². The number of furan rings is 1. The number of nitrogens with one attached hydrogen (secondary N) is 1. The highest BCUT2D eigenvalue weighted by Crippen LogP contribution is 2.41. The molecule has 3 unspecified atom stereocenters. The van der Waals surface area contributed by atoms with Crippen LogP contribution in [0, 0.1) is 11.8 Å². The van der Waals surface area contributed by atoms with Gasteiger partial charge >= 0.3 is 0 Å². The summed E-state index contributed by atoms with van der Waals surface area (Å²) in [4.78, 5) is 0. The summed E-state index contributed by atoms with van der Waals surface area (Å²) >= 11 is 3.57. The minimum atomic E-state index is 0.367. The van der Waals surface area contributed by atoms with E-state index in [9.17, 15) is 0 Å². The van der Waals surface area contributed by atoms with Gasteiger partial charge in [0.05, 0.1) is 16.8 Å². The first-order chi connectivity index (χ1) is 7.74. The summed E-state index contributed by atoms with van der Waals surface area (Å²) in [6, 6.07) is 2.35. The lowest BCUT2D eigenvalue weighted by molar-refractivity contribution is 0.267. The van der Waals surface area contributed by atoms with Gasteiger partial charge in [-0.25, -0.2) is 0 Å². The van der Waals surface area contributed by atoms with Gasteiger partial charge in [-0.05, 0) is 46.8 Å². The van der Waals surface area contributed by atoms with Gasteiger partial charge in [-0.15, -0.1) is 0 Å². The summed E-state index contributed by atoms with van der Waals surface area (Å²) in [6.07, 6.45) is 5.78. The molecule has 1 heterocycles. The van der Waals surface area contributed by atoms with Crippen molar-refractivity contribution in [3.8, 4) is 0 Å². The second-order valence-corrected chi connectivity index (χ2v) is 5.59. The highest BCUT2D eigenvalue weighted by Gasteiger charge is 2.33. The average molecular weight is 286 g/mol. The molecule has 16 heavy (non-hydrogen) atoms. The van der Waals surface area contributed by atoms with Crippen LogP contribution in [0.5, 0.6) is 0 Å². The van der Waals surface area contributed by atoms with E-state index in [1.807, 2.05) is 6.07 Å². The fourth-order valence-corrected chi connectivity index (χ4v) is 3.30. The monoisotopic (exact) mass is 285 g/mol. The minimum Gasteiger partial charge on any atom is -0.466 e. The van der Waals surface area contributed by atoms with Crippen LogP contribution in [0.1, 0.15) is 44.9 Å². The van der Waals surface area contributed by atoms with Gasteiger partial charge < -0.3 is 9.73 Å². The molecule has 1 aliphatic carbocycles. The van der Waals surface area contributed by atoms with E-state index >= 15 is 0 Å². The summed E-state index contributed by atoms with van der Waals surface area (Å²) in [5, 5.41) is 3.57. The first-order valence-electron chi connectivity index (χ1n) is 6.20. The predicted octanol–water partition coefficient (Wildman–Crippen LogP) is 4.13. The van der Waals surface area contributed by atoms with Crippen LogP contribution in [0.15, 0.2) is 21.2 Å². The number of halogens is 1. The second kappa shape index (κ2) is 5.37. The summed E-state index contributed by atoms with van der Waals surface area (Å²) in [5.41, 5.74) is 0. The zero-order chi connectivity index (χ0) is 11.5. The van der Waals surface area contributed by atoms with Crippen molar-refractivity contribution in [2.75, 3.05) is 6.54 Å². The van der Waals surface area contributed by atoms with E-state index in [4.69, 9.17) is 4.42 Å². The van der Waals surface area contributed by atoms with Gasteiger partial charge in [0.1, 0.15) is 5.76 Å². The van der Waals surface area contributed by atoms with Crippen molar-refractivity contribution >= 4 is 15.9 Å². The zero-order valence-electron chi connectivity index (χ0n) is 10.0. The Labute approximate surface area is 106 Å². The van der Waals surface area contributed by atoms with Crippen LogP contribution in [0.25, 0.3) is 0 Å². The van der Waals surface area contributed by atoms with E-state index in [0.717, 1.165) is 22.7 Å². The van der Waals surface area contributed by atoms with Crippen molar-refractivity contribution < 1.29 is 4.42 Å². The van der Waals surface area contributed by atoms with Crippen LogP contribution in [0.2, 0.25) is 0 Å². The molecule has 90 valence electrons. The SMILES string of the molecule is CCNC(c1occc1Br)C1CCCC1C. The zero-order valence-corrected chi connectivity index (χ0v) is 11.6. The first-order valence-corrected chi connectivity index (χ1v) is 6.99. The Morgan fingerprint density at radius 3 is 2.88 bits per heavy atom. The van der Waals surface area contributed by atoms with Gasteiger partial charge in [0.25, 0.3) is 0 Å². The first kappa shape index (κ1) is 12.2. The third kappa shape index (κ3) is 2.35. The highest BCUT2D eigenvalue weighted by atomic mass is 79.9. The molecule has 0 spiro atoms. The van der Waals surface area contributed by atoms with Crippen molar-refractivity contribution in [3.63, 3.8) is 0 Å². The largest absolute Gasteiger partial charge is 0.466 e. The Balaban J connectivity index is 2.20. The molecule has 1 saturated carbocycles. The molecule has 0 aliphatic heterocycles. The van der Waals surface area contributed by atoms with Gasteiger partial charge in [-0.2, -0.15) is 0 Å². The Kier molecular flexibility index (Phi) is 4.09. The molecule has 0 aromatic carbocycles. The molecule has 2 rings (SSSR count). The molecular formula is C13H20BrNO. The van der Waals surface area contributed by atoms with Crippen molar-refractivity contribution in [2.24, 2.45) is 11.8 Å². The molecule has 1 N–H and O–H groups in total. The van der Waals surface area contributed by atoms with E-state index < -0.39 is 0 Å². The van der Waals surface area contributed by atoms with Gasteiger partial charge in [0.2, 0.25) is 0 Å². The minimum absolute atomic E-state index is 0.367. The fourth-order valence-electron chi connectivity index (χ4n) is 2.86. The van der Waals surface area contributed by atoms with Gasteiger partial charge in [-0.1, -0.05) is 26.7 Å². The van der Waals surface area contributed by atoms with Crippen molar-refractivity contribution in [1.82, 2.24) is 5.32 Å². The van der Waals surface area contributed by atoms with Crippen LogP contribution in [0.4, 0.5) is 0 Å². The third-order valence-electron chi connectivity index (χ3n) is 3.71. The Morgan fingerprint density at radius 1 is 1.56 bits per heavy atom. The molecule has 2 nitrogen and oxygen atoms in total. The van der Waals surface area contributed by atoms with Crippen LogP contribution >= 0.6 is 15.9 Å². The Hall–Kier alpha value is -0.280. The third-order valence-corrected chi connectivity index (χ3v) is 4.36. The van der Waals surface area contributed by atoms with Crippen molar-refractivity contribution in [2.45, 2.75) is 39.2 Å². The summed E-state index contributed by atoms with van der Waals surface area (Å²) in [5.74, 6) is 2.57. The van der Waals surface area contributed by atoms with E-state index in [0.29, 0.717) is 12.0 Å². The molecule has 3 heteroatoms. The maximum atomic E-state index is 5.63. The number of hydrogen-bond donors (Lipinski definition) is 1. The van der Waals surface area contributed by atoms with Gasteiger partial charge in [-0.3, -0.25) is 0 Å². The van der Waals surface area contributed by atoms with Crippen molar-refractivity contribution in [1.29, 1.82) is 0 Å². The molecule has 0 radical (unpaired) electrons. The van der Waals surface area contributed by atoms with Crippen LogP contribution < -0.4 is 5.32 Å². The highest BCUT2D eigenvalue weighted by molar-refractivity contribution is 9.10. The lowest BCUT2D eigenvalue weighted by Crippen LogP contribution is -2.29. The fraction of sp³-hybridized carbons (Fsp3) is 0.692. The Bertz CT molecular complexity index is 336. The molecule has 3 atom stereocenters. The molecule has 1 fully saturated rings. The molecule has 1 aromatic rings. The average Bonchev–Trinajstić information content (AvgIpc) is 2.84. The standard InChI is InChI=1S/C13H20BrNO/c1-3-15-12(10-6-4-5-9(10)2)13-11(14)7-8-16-13/h7-10,12,15H,3-6H2,1-2H3. The lowest BCUT2D eigenvalue weighted by atomic mass is 9.89. The normalized spacial score (nSPS) is 27.2. The smallest absolute Gasteiger partial charge is 0.135 e. The van der Waals surface area contributed by atoms with E-state index in [-0.39, 0.29) is 0 Å². The molecule has 1 aromatic heterocycles. The summed E-state index contributed by atoms with van der Waals surface area (Å²) in [6.45, 7) is 5.50. The Morgan fingerprint density at radius 2 is 2.38 bits per heavy atom. The van der Waals surface area contributed by atoms with E-state index in [2.05, 4.69) is 35.1 Å². The van der Waals surface area contributed by atoms with E-state index in [1.54, 1.807) is 6.26 Å². The molecule has 0 bridgehead atoms. The predicted molar refractivity (Wildman–Crippen MR) is 69.3 cm³/mol. The molecular weight excluding hydrogens is 266 g/mol. The van der Waals surface area contributed by atoms with Gasteiger partial charge in [0.15, 0.2) is 0 Å². The topological polar surface area (TPSA) is 25.2 Å². The van der Waals surface area contributed by atoms with E-state index in [1.165, 1.54) is 19.3 Å². The molecule has 1 aliphatic rings. The number of hydrogen-bond acceptors (Lipinski definition) is 2. The molecule has 0 amide bonds. The quantitative estimate of drug-likeness (QED) is 0.900. The van der Waals surface area contributed by atoms with Crippen LogP contribution in [0.3, 0.4) is 0 Å². The van der Waals surface area contributed by atoms with Crippen LogP contribution in [-0.2, 0) is 0 Å².